The lowest BCUT2D eigenvalue weighted by molar-refractivity contribution is 0.828. The van der Waals surface area contributed by atoms with E-state index in [9.17, 15) is 0 Å². The number of fused-ring (bicyclic) bond motifs is 1. The van der Waals surface area contributed by atoms with Gasteiger partial charge in [0.05, 0.1) is 11.0 Å². The van der Waals surface area contributed by atoms with Gasteiger partial charge in [0.1, 0.15) is 5.82 Å². The van der Waals surface area contributed by atoms with Crippen molar-refractivity contribution >= 4 is 22.6 Å². The summed E-state index contributed by atoms with van der Waals surface area (Å²) in [7, 11) is 0. The standard InChI is InChI=1S/C10H12ClN3/c1-6-13-9-3-2-7(8(12)5-11)4-10(9)14-6/h2-4,8H,5,12H2,1H3,(H,13,14). The minimum absolute atomic E-state index is 0.107. The van der Waals surface area contributed by atoms with E-state index in [0.29, 0.717) is 5.88 Å². The van der Waals surface area contributed by atoms with Gasteiger partial charge in [0, 0.05) is 11.9 Å². The number of hydrogen-bond donors (Lipinski definition) is 2. The van der Waals surface area contributed by atoms with Crippen LogP contribution >= 0.6 is 11.6 Å². The minimum Gasteiger partial charge on any atom is -0.342 e. The molecule has 3 N–H and O–H groups in total. The Balaban J connectivity index is 2.50. The Labute approximate surface area is 87.3 Å². The number of alkyl halides is 1. The molecule has 14 heavy (non-hydrogen) atoms. The number of benzene rings is 1. The van der Waals surface area contributed by atoms with E-state index in [2.05, 4.69) is 9.97 Å². The molecule has 0 aliphatic rings. The normalized spacial score (nSPS) is 13.4. The van der Waals surface area contributed by atoms with Crippen LogP contribution in [0.1, 0.15) is 17.4 Å². The summed E-state index contributed by atoms with van der Waals surface area (Å²) in [5, 5.41) is 0. The highest BCUT2D eigenvalue weighted by Crippen LogP contribution is 2.18. The van der Waals surface area contributed by atoms with Crippen molar-refractivity contribution in [2.24, 2.45) is 5.73 Å². The molecule has 1 aromatic heterocycles. The number of aromatic nitrogens is 2. The maximum absolute atomic E-state index is 5.83. The van der Waals surface area contributed by atoms with Crippen LogP contribution in [0, 0.1) is 6.92 Å². The number of aromatic amines is 1. The van der Waals surface area contributed by atoms with Gasteiger partial charge in [0.2, 0.25) is 0 Å². The van der Waals surface area contributed by atoms with Crippen LogP contribution in [0.2, 0.25) is 0 Å². The van der Waals surface area contributed by atoms with Gasteiger partial charge in [-0.2, -0.15) is 0 Å². The van der Waals surface area contributed by atoms with E-state index in [1.165, 1.54) is 0 Å². The number of nitrogens with two attached hydrogens (primary N) is 1. The van der Waals surface area contributed by atoms with Gasteiger partial charge in [-0.25, -0.2) is 4.98 Å². The molecule has 0 spiro atoms. The molecule has 0 amide bonds. The number of aryl methyl sites for hydroxylation is 1. The second-order valence-electron chi connectivity index (χ2n) is 3.36. The van der Waals surface area contributed by atoms with E-state index in [0.717, 1.165) is 22.4 Å². The molecule has 0 aliphatic heterocycles. The number of rotatable bonds is 2. The molecule has 0 saturated heterocycles. The molecular weight excluding hydrogens is 198 g/mol. The molecule has 1 aromatic carbocycles. The molecule has 1 unspecified atom stereocenters. The summed E-state index contributed by atoms with van der Waals surface area (Å²) in [5.41, 5.74) is 8.84. The zero-order valence-corrected chi connectivity index (χ0v) is 8.67. The van der Waals surface area contributed by atoms with Crippen molar-refractivity contribution in [3.63, 3.8) is 0 Å². The van der Waals surface area contributed by atoms with E-state index in [4.69, 9.17) is 17.3 Å². The summed E-state index contributed by atoms with van der Waals surface area (Å²) in [6, 6.07) is 5.82. The van der Waals surface area contributed by atoms with Crippen LogP contribution in [-0.4, -0.2) is 15.8 Å². The quantitative estimate of drug-likeness (QED) is 0.745. The molecule has 1 heterocycles. The first-order chi connectivity index (χ1) is 6.70. The van der Waals surface area contributed by atoms with Gasteiger partial charge in [-0.3, -0.25) is 0 Å². The Morgan fingerprint density at radius 2 is 2.36 bits per heavy atom. The molecular formula is C10H12ClN3. The average Bonchev–Trinajstić information content (AvgIpc) is 2.55. The first kappa shape index (κ1) is 9.49. The molecule has 3 nitrogen and oxygen atoms in total. The summed E-state index contributed by atoms with van der Waals surface area (Å²) < 4.78 is 0. The van der Waals surface area contributed by atoms with E-state index in [1.807, 2.05) is 25.1 Å². The Morgan fingerprint density at radius 1 is 1.57 bits per heavy atom. The van der Waals surface area contributed by atoms with Gasteiger partial charge in [-0.05, 0) is 24.6 Å². The fourth-order valence-electron chi connectivity index (χ4n) is 1.47. The summed E-state index contributed by atoms with van der Waals surface area (Å²) in [6.45, 7) is 1.93. The predicted molar refractivity (Wildman–Crippen MR) is 58.5 cm³/mol. The predicted octanol–water partition coefficient (Wildman–Crippen LogP) is 2.11. The second-order valence-corrected chi connectivity index (χ2v) is 3.67. The second kappa shape index (κ2) is 3.59. The number of hydrogen-bond acceptors (Lipinski definition) is 2. The monoisotopic (exact) mass is 209 g/mol. The SMILES string of the molecule is Cc1nc2ccc(C(N)CCl)cc2[nH]1. The summed E-state index contributed by atoms with van der Waals surface area (Å²) in [4.78, 5) is 7.48. The lowest BCUT2D eigenvalue weighted by Crippen LogP contribution is -2.11. The highest BCUT2D eigenvalue weighted by molar-refractivity contribution is 6.18. The van der Waals surface area contributed by atoms with Crippen LogP contribution in [0.5, 0.6) is 0 Å². The molecule has 74 valence electrons. The number of halogens is 1. The van der Waals surface area contributed by atoms with E-state index in [-0.39, 0.29) is 6.04 Å². The van der Waals surface area contributed by atoms with Crippen molar-refractivity contribution in [3.05, 3.63) is 29.6 Å². The molecule has 0 saturated carbocycles. The van der Waals surface area contributed by atoms with Crippen LogP contribution in [0.4, 0.5) is 0 Å². The van der Waals surface area contributed by atoms with E-state index >= 15 is 0 Å². The number of imidazole rings is 1. The van der Waals surface area contributed by atoms with Crippen LogP contribution in [-0.2, 0) is 0 Å². The minimum atomic E-state index is -0.107. The third-order valence-corrected chi connectivity index (χ3v) is 2.55. The van der Waals surface area contributed by atoms with E-state index < -0.39 is 0 Å². The summed E-state index contributed by atoms with van der Waals surface area (Å²) >= 11 is 5.69. The van der Waals surface area contributed by atoms with Gasteiger partial charge in [-0.1, -0.05) is 6.07 Å². The Hall–Kier alpha value is -1.06. The fraction of sp³-hybridized carbons (Fsp3) is 0.300. The summed E-state index contributed by atoms with van der Waals surface area (Å²) in [5.74, 6) is 1.34. The Morgan fingerprint density at radius 3 is 3.07 bits per heavy atom. The van der Waals surface area contributed by atoms with Crippen molar-refractivity contribution in [1.29, 1.82) is 0 Å². The molecule has 2 aromatic rings. The highest BCUT2D eigenvalue weighted by Gasteiger charge is 2.06. The molecule has 0 fully saturated rings. The molecule has 1 atom stereocenters. The molecule has 0 radical (unpaired) electrons. The molecule has 2 rings (SSSR count). The van der Waals surface area contributed by atoms with Gasteiger partial charge in [0.25, 0.3) is 0 Å². The topological polar surface area (TPSA) is 54.7 Å². The lowest BCUT2D eigenvalue weighted by atomic mass is 10.1. The molecule has 4 heteroatoms. The van der Waals surface area contributed by atoms with Crippen LogP contribution in [0.15, 0.2) is 18.2 Å². The molecule has 0 bridgehead atoms. The van der Waals surface area contributed by atoms with Crippen LogP contribution in [0.25, 0.3) is 11.0 Å². The number of nitrogens with one attached hydrogen (secondary N) is 1. The van der Waals surface area contributed by atoms with Crippen molar-refractivity contribution in [2.45, 2.75) is 13.0 Å². The number of nitrogens with zero attached hydrogens (tertiary/aromatic N) is 1. The Bertz CT molecular complexity index is 450. The third kappa shape index (κ3) is 1.61. The van der Waals surface area contributed by atoms with Gasteiger partial charge >= 0.3 is 0 Å². The highest BCUT2D eigenvalue weighted by atomic mass is 35.5. The van der Waals surface area contributed by atoms with Crippen LogP contribution < -0.4 is 5.73 Å². The van der Waals surface area contributed by atoms with Crippen molar-refractivity contribution < 1.29 is 0 Å². The van der Waals surface area contributed by atoms with Gasteiger partial charge in [0.15, 0.2) is 0 Å². The molecule has 0 aliphatic carbocycles. The van der Waals surface area contributed by atoms with Gasteiger partial charge in [-0.15, -0.1) is 11.6 Å². The first-order valence-corrected chi connectivity index (χ1v) is 5.02. The lowest BCUT2D eigenvalue weighted by Gasteiger charge is -2.06. The summed E-state index contributed by atoms with van der Waals surface area (Å²) in [6.07, 6.45) is 0. The van der Waals surface area contributed by atoms with Crippen LogP contribution in [0.3, 0.4) is 0 Å². The fourth-order valence-corrected chi connectivity index (χ4v) is 1.65. The van der Waals surface area contributed by atoms with Gasteiger partial charge < -0.3 is 10.7 Å². The van der Waals surface area contributed by atoms with Crippen molar-refractivity contribution in [1.82, 2.24) is 9.97 Å². The maximum atomic E-state index is 5.83. The number of H-pyrrole nitrogens is 1. The van der Waals surface area contributed by atoms with Crippen molar-refractivity contribution in [3.8, 4) is 0 Å². The maximum Gasteiger partial charge on any atom is 0.104 e. The largest absolute Gasteiger partial charge is 0.342 e. The smallest absolute Gasteiger partial charge is 0.104 e. The average molecular weight is 210 g/mol. The van der Waals surface area contributed by atoms with Crippen molar-refractivity contribution in [2.75, 3.05) is 5.88 Å². The zero-order chi connectivity index (χ0) is 10.1. The zero-order valence-electron chi connectivity index (χ0n) is 7.92. The Kier molecular flexibility index (Phi) is 2.44. The third-order valence-electron chi connectivity index (χ3n) is 2.22. The first-order valence-electron chi connectivity index (χ1n) is 4.48. The van der Waals surface area contributed by atoms with E-state index in [1.54, 1.807) is 0 Å².